The van der Waals surface area contributed by atoms with E-state index in [1.807, 2.05) is 97.1 Å². The van der Waals surface area contributed by atoms with Gasteiger partial charge in [0.15, 0.2) is 27.0 Å². The van der Waals surface area contributed by atoms with Gasteiger partial charge in [0.25, 0.3) is 0 Å². The van der Waals surface area contributed by atoms with Crippen molar-refractivity contribution in [1.82, 2.24) is 21.3 Å². The summed E-state index contributed by atoms with van der Waals surface area (Å²) in [4.78, 5) is 59.2. The molecule has 0 aliphatic heterocycles. The first kappa shape index (κ1) is 62.0. The van der Waals surface area contributed by atoms with E-state index in [1.165, 1.54) is 0 Å². The van der Waals surface area contributed by atoms with E-state index in [4.69, 9.17) is 5.50 Å². The summed E-state index contributed by atoms with van der Waals surface area (Å²) in [5.74, 6) is -9.78. The number of sulfone groups is 2. The first-order valence-corrected chi connectivity index (χ1v) is 32.3. The molecule has 6 aromatic rings. The van der Waals surface area contributed by atoms with Gasteiger partial charge in [0.2, 0.25) is 23.6 Å². The molecule has 17 heteroatoms. The molecule has 6 aromatic carbocycles. The molecule has 0 saturated carbocycles. The molecule has 0 aliphatic rings. The average Bonchev–Trinajstić information content (AvgIpc) is 3.41. The zero-order chi connectivity index (χ0) is 58.1. The fourth-order valence-electron chi connectivity index (χ4n) is 9.56. The van der Waals surface area contributed by atoms with Gasteiger partial charge >= 0.3 is 0 Å². The molecule has 0 saturated heterocycles. The first-order chi connectivity index (χ1) is 37.0. The van der Waals surface area contributed by atoms with Crippen LogP contribution >= 0.6 is 7.29 Å². The van der Waals surface area contributed by atoms with Crippen molar-refractivity contribution in [3.05, 3.63) is 168 Å². The highest BCUT2D eigenvalue weighted by Crippen LogP contribution is 2.48. The lowest BCUT2D eigenvalue weighted by molar-refractivity contribution is -0.132. The SMILES string of the molecule is CC(C)[C@H](NC(=O)[C@H](Cc1cccc2ccccc12)CS(=O)(=O)C(C)(C)C)C(=O)N[C@H](Cc1ccccc1)P(N)(=O)[C@@H](Cc1ccccc1)NC(=O)[C@@H](NC(=O)[C@H](Cc1cccc2ccccc12)CS(=O)(=O)C(C)(C)C)C(C)C. The molecule has 0 aliphatic carbocycles. The lowest BCUT2D eigenvalue weighted by atomic mass is 9.94. The third kappa shape index (κ3) is 16.0. The predicted molar refractivity (Wildman–Crippen MR) is 319 cm³/mol. The maximum atomic E-state index is 15.9. The second-order valence-electron chi connectivity index (χ2n) is 23.5. The molecular formula is C62H80N5O9PS2. The van der Waals surface area contributed by atoms with Crippen LogP contribution in [0.25, 0.3) is 21.5 Å². The third-order valence-corrected chi connectivity index (χ3v) is 22.8. The quantitative estimate of drug-likeness (QED) is 0.0361. The Morgan fingerprint density at radius 2 is 0.759 bits per heavy atom. The Morgan fingerprint density at radius 1 is 0.443 bits per heavy atom. The van der Waals surface area contributed by atoms with Crippen molar-refractivity contribution in [1.29, 1.82) is 0 Å². The van der Waals surface area contributed by atoms with Gasteiger partial charge < -0.3 is 25.8 Å². The van der Waals surface area contributed by atoms with Gasteiger partial charge in [0, 0.05) is 12.8 Å². The van der Waals surface area contributed by atoms with Crippen LogP contribution in [-0.4, -0.2) is 85.1 Å². The van der Waals surface area contributed by atoms with Crippen molar-refractivity contribution in [2.75, 3.05) is 11.5 Å². The summed E-state index contributed by atoms with van der Waals surface area (Å²) in [7, 11) is -12.1. The molecule has 6 rings (SSSR count). The lowest BCUT2D eigenvalue weighted by Gasteiger charge is -2.35. The van der Waals surface area contributed by atoms with Gasteiger partial charge in [0.1, 0.15) is 23.6 Å². The van der Waals surface area contributed by atoms with Crippen LogP contribution < -0.4 is 26.8 Å². The van der Waals surface area contributed by atoms with Crippen LogP contribution in [0.5, 0.6) is 0 Å². The summed E-state index contributed by atoms with van der Waals surface area (Å²) < 4.78 is 68.9. The highest BCUT2D eigenvalue weighted by Gasteiger charge is 2.44. The summed E-state index contributed by atoms with van der Waals surface area (Å²) in [5.41, 5.74) is 9.99. The highest BCUT2D eigenvalue weighted by atomic mass is 32.2. The Labute approximate surface area is 468 Å². The van der Waals surface area contributed by atoms with Crippen molar-refractivity contribution in [3.8, 4) is 0 Å². The number of nitrogens with two attached hydrogens (primary N) is 1. The number of nitrogens with one attached hydrogen (secondary N) is 4. The number of rotatable bonds is 24. The Morgan fingerprint density at radius 3 is 1.09 bits per heavy atom. The Kier molecular flexibility index (Phi) is 20.4. The van der Waals surface area contributed by atoms with Crippen LogP contribution in [0.1, 0.15) is 91.5 Å². The van der Waals surface area contributed by atoms with Gasteiger partial charge in [-0.2, -0.15) is 0 Å². The minimum Gasteiger partial charge on any atom is -0.344 e. The molecule has 6 N–H and O–H groups in total. The second kappa shape index (κ2) is 25.9. The largest absolute Gasteiger partial charge is 0.344 e. The monoisotopic (exact) mass is 1130 g/mol. The van der Waals surface area contributed by atoms with E-state index in [1.54, 1.807) is 118 Å². The molecule has 0 aromatic heterocycles. The van der Waals surface area contributed by atoms with Crippen LogP contribution in [0, 0.1) is 23.7 Å². The number of hydrogen-bond donors (Lipinski definition) is 5. The molecule has 4 amide bonds. The smallest absolute Gasteiger partial charge is 0.243 e. The summed E-state index contributed by atoms with van der Waals surface area (Å²) in [6.07, 6.45) is -0.00120. The average molecular weight is 1130 g/mol. The molecule has 0 fully saturated rings. The predicted octanol–water partition coefficient (Wildman–Crippen LogP) is 9.33. The van der Waals surface area contributed by atoms with Crippen molar-refractivity contribution in [2.24, 2.45) is 29.2 Å². The van der Waals surface area contributed by atoms with Gasteiger partial charge in [0.05, 0.1) is 32.8 Å². The Bertz CT molecular complexity index is 3150. The van der Waals surface area contributed by atoms with Crippen molar-refractivity contribution in [3.63, 3.8) is 0 Å². The van der Waals surface area contributed by atoms with E-state index in [9.17, 15) is 36.0 Å². The molecule has 14 nitrogen and oxygen atoms in total. The van der Waals surface area contributed by atoms with Gasteiger partial charge in [-0.05, 0) is 110 Å². The minimum atomic E-state index is -4.38. The standard InChI is InChI=1S/C62H80N5O9PS2/c1-41(2)55(66-57(68)49(39-78(73,74)61(5,6)7)37-47-31-21-29-45-27-17-19-33-51(45)47)59(70)64-53(35-43-23-13-11-14-24-43)77(63,72)54(36-44-25-15-12-16-26-44)65-60(71)56(42(3)4)67-58(69)50(40-79(75,76)62(8,9)10)38-48-32-22-30-46-28-18-20-34-52(46)48/h11-34,41-42,49-50,53-56H,35-40H2,1-10H3,(H2,63,72)(H,64,70)(H,65,71)(H,66,68)(H,67,69)/t49-,50-,53+,54+,55+,56+/m1/s1. The summed E-state index contributed by atoms with van der Waals surface area (Å²) >= 11 is 0. The number of amides is 4. The van der Waals surface area contributed by atoms with Gasteiger partial charge in [-0.15, -0.1) is 0 Å². The van der Waals surface area contributed by atoms with Gasteiger partial charge in [-0.25, -0.2) is 16.8 Å². The number of benzene rings is 6. The normalized spacial score (nSPS) is 14.9. The Balaban J connectivity index is 1.33. The van der Waals surface area contributed by atoms with Crippen LogP contribution in [0.3, 0.4) is 0 Å². The van der Waals surface area contributed by atoms with E-state index in [2.05, 4.69) is 21.3 Å². The zero-order valence-corrected chi connectivity index (χ0v) is 49.8. The number of hydrogen-bond acceptors (Lipinski definition) is 9. The molecule has 0 radical (unpaired) electrons. The fraction of sp³-hybridized carbons (Fsp3) is 0.419. The molecular weight excluding hydrogens is 1050 g/mol. The Hall–Kier alpha value is -6.19. The maximum Gasteiger partial charge on any atom is 0.243 e. The number of carbonyl (C=O) groups excluding carboxylic acids is 4. The van der Waals surface area contributed by atoms with E-state index >= 15 is 4.57 Å². The third-order valence-electron chi connectivity index (χ3n) is 14.8. The van der Waals surface area contributed by atoms with Crippen LogP contribution in [0.15, 0.2) is 146 Å². The number of carbonyl (C=O) groups is 4. The summed E-state index contributed by atoms with van der Waals surface area (Å²) in [5, 5.41) is 15.2. The lowest BCUT2D eigenvalue weighted by Crippen LogP contribution is -2.57. The van der Waals surface area contributed by atoms with Crippen LogP contribution in [-0.2, 0) is 69.1 Å². The van der Waals surface area contributed by atoms with E-state index in [0.717, 1.165) is 32.7 Å². The molecule has 0 unspecified atom stereocenters. The number of fused-ring (bicyclic) bond motifs is 2. The van der Waals surface area contributed by atoms with E-state index in [0.29, 0.717) is 11.1 Å². The molecule has 79 heavy (non-hydrogen) atoms. The van der Waals surface area contributed by atoms with Crippen molar-refractivity contribution >= 4 is 72.1 Å². The first-order valence-electron chi connectivity index (χ1n) is 27.0. The van der Waals surface area contributed by atoms with Crippen molar-refractivity contribution < 1.29 is 40.6 Å². The molecule has 6 atom stereocenters. The summed E-state index contributed by atoms with van der Waals surface area (Å²) in [6.45, 7) is 16.4. The molecule has 0 spiro atoms. The summed E-state index contributed by atoms with van der Waals surface area (Å²) in [6, 6.07) is 42.0. The maximum absolute atomic E-state index is 15.9. The van der Waals surface area contributed by atoms with Gasteiger partial charge in [-0.3, -0.25) is 24.7 Å². The topological polar surface area (TPSA) is 228 Å². The minimum absolute atomic E-state index is 0.0587. The highest BCUT2D eigenvalue weighted by molar-refractivity contribution is 7.93. The van der Waals surface area contributed by atoms with E-state index in [-0.39, 0.29) is 25.7 Å². The fourth-order valence-corrected chi connectivity index (χ4v) is 14.2. The zero-order valence-electron chi connectivity index (χ0n) is 47.2. The molecule has 424 valence electrons. The van der Waals surface area contributed by atoms with Crippen LogP contribution in [0.2, 0.25) is 0 Å². The molecule has 0 bridgehead atoms. The second-order valence-corrected chi connectivity index (χ2v) is 31.9. The van der Waals surface area contributed by atoms with Crippen LogP contribution in [0.4, 0.5) is 0 Å². The van der Waals surface area contributed by atoms with E-state index < -0.39 is 119 Å². The van der Waals surface area contributed by atoms with Crippen molar-refractivity contribution in [2.45, 2.75) is 128 Å². The molecule has 0 heterocycles. The van der Waals surface area contributed by atoms with Gasteiger partial charge in [-0.1, -0.05) is 173 Å².